The standard InChI is InChI=1S/C92H116N12O18.2CN.Co/c1-21-56-49(3)64-40-65-52(6)59(24-29-75(106)107)71(96-65)43-70-58(51(5)67(97-70)42-69-57(22-2)50(4)66(95-69)41-68(56)94-64)23-28-74(105)93-35-37-121-38-36-104-47-55(102-103-104)48-122-82(114)45-90(12)60(25-30-76(108)115-15)72-44-73-88(9,10)61(26-31-77(109)116-16)83(99-73)53(7)85-89(11,34-33-79(111)118-18)63(39-80(112)119-19)87(100-85)92(14)91(13,46-81(113)120-20)62(27-32-78(110)117-17)84(101-92)54(8)86(90)98-72;2*1-2;/h21-22,40-44,47,60-63,87H,1-2,23-39,45-46,48H2,3-20H3,(H5,93,94,95,96,97,98,99,100,101,102,103,105,106,107);;;/q;2*-1;+3/p-1/t60-,61-,62-,63+,87?,89-,90+,91+,92+;;;/m1.../s1. The Morgan fingerprint density at radius 3 is 1.80 bits per heavy atom. The first kappa shape index (κ1) is 100. The number of aryl methyl sites for hydroxylation is 3. The summed E-state index contributed by atoms with van der Waals surface area (Å²) in [6.07, 6.45) is 7.20. The predicted molar refractivity (Wildman–Crippen MR) is 471 cm³/mol. The SMILES string of the molecule is C=CC1=C(C)c2cc3[nH]c(cc4nc(cc5[nH]c(cc1n2)c(C)c5CCC(=O)NCCOCCn1cc(COC(=O)C[C@]2(C)/C5=C(\C)C6=N[C@@](C)(C7[N-]/C(=C(/C)C8=N/C(=C\C(=N5)[C@H]2CCC(=O)OC)C(C)(C)[C@@H]8CCC(=O)OC)[C@](C)(CCC(=O)OC)[C@H]7CC(=O)OC)[C@@](C)(CC(=O)OC)[C@@H]6CCC(=O)OC)nn1)C(CCC(=O)O)=C4C)c(C)c3C=C.[C-]#N.[C-]#N.[Co+3]. The maximum atomic E-state index is 15.1. The number of esters is 7. The average molecular weight is 1790 g/mol. The number of hydrogen-bond acceptors (Lipinski definition) is 26. The zero-order valence-corrected chi connectivity index (χ0v) is 76.7. The van der Waals surface area contributed by atoms with Crippen LogP contribution >= 0.6 is 0 Å². The Bertz CT molecular complexity index is 5490. The van der Waals surface area contributed by atoms with E-state index in [4.69, 9.17) is 91.8 Å². The third-order valence-electron chi connectivity index (χ3n) is 26.7. The van der Waals surface area contributed by atoms with Crippen molar-refractivity contribution in [3.05, 3.63) is 153 Å². The second-order valence-electron chi connectivity index (χ2n) is 34.0. The van der Waals surface area contributed by atoms with E-state index in [1.807, 2.05) is 120 Å². The monoisotopic (exact) mass is 1790 g/mol. The Morgan fingerprint density at radius 1 is 0.606 bits per heavy atom. The molecule has 1 amide bonds. The van der Waals surface area contributed by atoms with Crippen LogP contribution in [0.2, 0.25) is 0 Å². The summed E-state index contributed by atoms with van der Waals surface area (Å²) in [5.41, 5.74) is 11.3. The van der Waals surface area contributed by atoms with Gasteiger partial charge in [-0.1, -0.05) is 71.2 Å². The molecule has 4 N–H and O–H groups in total. The number of carboxylic acid groups (broad SMARTS) is 1. The molecule has 0 aromatic carbocycles. The summed E-state index contributed by atoms with van der Waals surface area (Å²) in [7, 11) is 7.78. The van der Waals surface area contributed by atoms with Crippen LogP contribution in [0.1, 0.15) is 210 Å². The third kappa shape index (κ3) is 20.8. The van der Waals surface area contributed by atoms with Gasteiger partial charge in [0.2, 0.25) is 5.91 Å². The molecule has 7 aliphatic heterocycles. The molecule has 11 heterocycles. The number of aromatic amines is 2. The zero-order valence-electron chi connectivity index (χ0n) is 75.7. The summed E-state index contributed by atoms with van der Waals surface area (Å²) < 4.78 is 45.7. The molecule has 4 aromatic heterocycles. The van der Waals surface area contributed by atoms with Crippen molar-refractivity contribution in [3.63, 3.8) is 0 Å². The van der Waals surface area contributed by atoms with Crippen LogP contribution in [0.5, 0.6) is 0 Å². The summed E-state index contributed by atoms with van der Waals surface area (Å²) in [5, 5.41) is 39.7. The molecule has 0 spiro atoms. The molecule has 1 unspecified atom stereocenters. The van der Waals surface area contributed by atoms with Gasteiger partial charge < -0.3 is 87.3 Å². The fraction of sp³-hybridized carbons (Fsp3) is 0.511. The summed E-state index contributed by atoms with van der Waals surface area (Å²) >= 11 is 0. The van der Waals surface area contributed by atoms with Gasteiger partial charge in [0.1, 0.15) is 12.3 Å². The number of carboxylic acids is 1. The Morgan fingerprint density at radius 2 is 1.18 bits per heavy atom. The summed E-state index contributed by atoms with van der Waals surface area (Å²) in [6.45, 7) is 41.6. The number of carbonyl (C=O) groups excluding carboxylic acids is 8. The van der Waals surface area contributed by atoms with Crippen LogP contribution < -0.4 is 5.32 Å². The van der Waals surface area contributed by atoms with E-state index in [1.54, 1.807) is 17.0 Å². The number of nitrogens with one attached hydrogen (secondary N) is 3. The van der Waals surface area contributed by atoms with Gasteiger partial charge in [0.05, 0.1) is 115 Å². The number of nitrogens with zero attached hydrogens (tertiary/aromatic N) is 11. The van der Waals surface area contributed by atoms with Gasteiger partial charge in [-0.15, -0.1) is 5.10 Å². The first-order chi connectivity index (χ1) is 59.9. The number of allylic oxidation sites excluding steroid dienone is 11. The second-order valence-corrected chi connectivity index (χ2v) is 34.0. The van der Waals surface area contributed by atoms with Crippen LogP contribution in [0, 0.1) is 82.8 Å². The molecule has 0 radical (unpaired) electrons. The molecule has 678 valence electrons. The quantitative estimate of drug-likeness (QED) is 0.0146. The Labute approximate surface area is 751 Å². The van der Waals surface area contributed by atoms with Crippen molar-refractivity contribution in [1.82, 2.24) is 40.2 Å². The molecule has 4 aromatic rings. The number of hydrogen-bond donors (Lipinski definition) is 4. The Kier molecular flexibility index (Phi) is 33.6. The summed E-state index contributed by atoms with van der Waals surface area (Å²) in [6, 6.07) is 6.93. The van der Waals surface area contributed by atoms with E-state index in [1.165, 1.54) is 42.7 Å². The average Bonchev–Trinajstić information content (AvgIpc) is 1.52. The smallest absolute Gasteiger partial charge is 0.682 e. The molecule has 1 fully saturated rings. The van der Waals surface area contributed by atoms with Crippen LogP contribution in [0.3, 0.4) is 0 Å². The number of fused-ring (bicyclic) bond motifs is 14. The number of carbonyl (C=O) groups is 9. The molecule has 0 aliphatic carbocycles. The topological polar surface area (TPSA) is 447 Å². The molecule has 32 nitrogen and oxygen atoms in total. The van der Waals surface area contributed by atoms with Crippen molar-refractivity contribution in [1.29, 1.82) is 10.5 Å². The summed E-state index contributed by atoms with van der Waals surface area (Å²) in [5.74, 6) is -7.80. The molecular weight excluding hydrogens is 1670 g/mol. The minimum absolute atomic E-state index is 0. The fourth-order valence-corrected chi connectivity index (χ4v) is 19.3. The Hall–Kier alpha value is -12.1. The van der Waals surface area contributed by atoms with Crippen LogP contribution in [0.15, 0.2) is 99.0 Å². The van der Waals surface area contributed by atoms with Gasteiger partial charge in [-0.05, 0) is 173 Å². The summed E-state index contributed by atoms with van der Waals surface area (Å²) in [4.78, 5) is 158. The Balaban J connectivity index is 0.00000393. The van der Waals surface area contributed by atoms with Gasteiger partial charge in [0.25, 0.3) is 0 Å². The number of aromatic nitrogens is 7. The minimum atomic E-state index is -1.49. The van der Waals surface area contributed by atoms with E-state index in [0.717, 1.165) is 72.3 Å². The normalized spacial score (nSPS) is 23.8. The van der Waals surface area contributed by atoms with E-state index in [0.29, 0.717) is 74.6 Å². The number of amides is 1. The fourth-order valence-electron chi connectivity index (χ4n) is 19.3. The minimum Gasteiger partial charge on any atom is -0.682 e. The van der Waals surface area contributed by atoms with Crippen molar-refractivity contribution < 1.29 is 103 Å². The van der Waals surface area contributed by atoms with Crippen LogP contribution in [-0.2, 0) is 117 Å². The zero-order chi connectivity index (χ0) is 92.8. The van der Waals surface area contributed by atoms with Crippen LogP contribution in [0.4, 0.5) is 0 Å². The first-order valence-electron chi connectivity index (χ1n) is 41.9. The van der Waals surface area contributed by atoms with Crippen molar-refractivity contribution in [2.45, 2.75) is 204 Å². The number of rotatable bonds is 34. The predicted octanol–water partition coefficient (Wildman–Crippen LogP) is 14.2. The van der Waals surface area contributed by atoms with Crippen molar-refractivity contribution >= 4 is 121 Å². The van der Waals surface area contributed by atoms with Crippen LogP contribution in [0.25, 0.3) is 55.8 Å². The van der Waals surface area contributed by atoms with E-state index in [-0.39, 0.29) is 145 Å². The second kappa shape index (κ2) is 42.5. The van der Waals surface area contributed by atoms with Crippen molar-refractivity contribution in [2.75, 3.05) is 62.4 Å². The van der Waals surface area contributed by atoms with Crippen LogP contribution in [-0.4, -0.2) is 185 Å². The largest absolute Gasteiger partial charge is 3.00 e. The molecule has 127 heavy (non-hydrogen) atoms. The van der Waals surface area contributed by atoms with Gasteiger partial charge >= 0.3 is 64.5 Å². The molecule has 11 rings (SSSR count). The number of aliphatic carboxylic acids is 1. The molecule has 16 bridgehead atoms. The van der Waals surface area contributed by atoms with E-state index < -0.39 is 105 Å². The number of methoxy groups -OCH3 is 6. The van der Waals surface area contributed by atoms with Crippen molar-refractivity contribution in [2.24, 2.45) is 60.3 Å². The van der Waals surface area contributed by atoms with Gasteiger partial charge in [-0.2, -0.15) is 5.70 Å². The van der Waals surface area contributed by atoms with E-state index in [2.05, 4.69) is 38.8 Å². The third-order valence-corrected chi connectivity index (χ3v) is 26.7. The number of H-pyrrole nitrogens is 2. The first-order valence-corrected chi connectivity index (χ1v) is 41.9. The van der Waals surface area contributed by atoms with Gasteiger partial charge in [0.15, 0.2) is 0 Å². The number of ether oxygens (including phenoxy) is 8. The molecule has 0 saturated carbocycles. The van der Waals surface area contributed by atoms with E-state index >= 15 is 4.79 Å². The maximum absolute atomic E-state index is 15.1. The maximum Gasteiger partial charge on any atom is 3.00 e. The van der Waals surface area contributed by atoms with E-state index in [9.17, 15) is 43.5 Å². The van der Waals surface area contributed by atoms with Gasteiger partial charge in [-0.25, -0.2) is 14.6 Å². The molecular formula is C94H115CoN14O18. The van der Waals surface area contributed by atoms with Crippen molar-refractivity contribution in [3.8, 4) is 0 Å². The molecule has 1 saturated heterocycles. The number of aliphatic imine (C=N–C) groups is 3. The molecule has 7 aliphatic rings. The van der Waals surface area contributed by atoms with Gasteiger partial charge in [-0.3, -0.25) is 58.1 Å². The van der Waals surface area contributed by atoms with Gasteiger partial charge in [0, 0.05) is 142 Å². The molecule has 33 heteroatoms. The molecule has 9 atom stereocenters.